The summed E-state index contributed by atoms with van der Waals surface area (Å²) in [7, 11) is 0. The third-order valence-corrected chi connectivity index (χ3v) is 13.8. The Morgan fingerprint density at radius 3 is 1.41 bits per heavy atom. The Morgan fingerprint density at radius 1 is 0.371 bits per heavy atom. The lowest BCUT2D eigenvalue weighted by Crippen LogP contribution is -2.17. The summed E-state index contributed by atoms with van der Waals surface area (Å²) < 4.78 is 0. The molecule has 0 radical (unpaired) electrons. The highest BCUT2D eigenvalue weighted by Crippen LogP contribution is 2.46. The highest BCUT2D eigenvalue weighted by Gasteiger charge is 2.28. The van der Waals surface area contributed by atoms with Crippen LogP contribution in [0.5, 0.6) is 0 Å². The van der Waals surface area contributed by atoms with Crippen molar-refractivity contribution >= 4 is 38.9 Å². The Labute approximate surface area is 411 Å². The van der Waals surface area contributed by atoms with Gasteiger partial charge in [-0.2, -0.15) is 9.97 Å². The fraction of sp³-hybridized carbons (Fsp3) is 0.106. The van der Waals surface area contributed by atoms with Crippen LogP contribution in [-0.4, -0.2) is 15.0 Å². The van der Waals surface area contributed by atoms with Crippen LogP contribution >= 0.6 is 0 Å². The molecule has 0 unspecified atom stereocenters. The Balaban J connectivity index is 1.20. The van der Waals surface area contributed by atoms with Gasteiger partial charge in [0, 0.05) is 28.3 Å². The molecule has 0 atom stereocenters. The minimum atomic E-state index is 0.0158. The van der Waals surface area contributed by atoms with E-state index in [1.165, 1.54) is 50.1 Å². The topological polar surface area (TPSA) is 41.9 Å². The second kappa shape index (κ2) is 18.6. The largest absolute Gasteiger partial charge is 0.278 e. The SMILES string of the molecule is Cc1cc(C)c(C(c2ccc(N(c3nc(-c4ccccc4)nc(-c4cc5ccccc5cc4-c4ccccc4)n3)c3ccc4ccccc4c3-c3ccccc3)cc2)c2c(C)cc(C)cc2C)c(C)c1. The third kappa shape index (κ3) is 8.32. The third-order valence-electron chi connectivity index (χ3n) is 13.8. The minimum absolute atomic E-state index is 0.0158. The number of nitrogens with zero attached hydrogens (tertiary/aromatic N) is 4. The van der Waals surface area contributed by atoms with Gasteiger partial charge >= 0.3 is 0 Å². The van der Waals surface area contributed by atoms with E-state index in [4.69, 9.17) is 15.0 Å². The fourth-order valence-electron chi connectivity index (χ4n) is 10.9. The van der Waals surface area contributed by atoms with E-state index in [9.17, 15) is 0 Å². The lowest BCUT2D eigenvalue weighted by atomic mass is 9.77. The summed E-state index contributed by atoms with van der Waals surface area (Å²) in [5.41, 5.74) is 19.7. The highest BCUT2D eigenvalue weighted by atomic mass is 15.3. The molecule has 70 heavy (non-hydrogen) atoms. The van der Waals surface area contributed by atoms with Gasteiger partial charge in [-0.1, -0.05) is 193 Å². The van der Waals surface area contributed by atoms with Crippen LogP contribution in [0.2, 0.25) is 0 Å². The van der Waals surface area contributed by atoms with Gasteiger partial charge in [-0.3, -0.25) is 4.90 Å². The first kappa shape index (κ1) is 44.1. The number of rotatable bonds is 10. The standard InChI is InChI=1S/C66H54N4/c1-42-36-44(3)60(45(4)37-42)63(61-46(5)38-43(2)39-47(61)6)51-30-33-55(34-31-51)70(59-35-32-49-22-18-19-29-56(49)62(59)50-23-12-8-13-24-50)66-68-64(52-25-14-9-15-26-52)67-65(69-66)58-41-54-28-17-16-27-53(54)40-57(58)48-20-10-7-11-21-48/h7-41,63H,1-6H3. The van der Waals surface area contributed by atoms with Crippen molar-refractivity contribution < 1.29 is 0 Å². The average molecular weight is 903 g/mol. The maximum atomic E-state index is 5.61. The molecule has 10 aromatic carbocycles. The van der Waals surface area contributed by atoms with Crippen LogP contribution in [0.15, 0.2) is 212 Å². The van der Waals surface area contributed by atoms with E-state index >= 15 is 0 Å². The minimum Gasteiger partial charge on any atom is -0.278 e. The highest BCUT2D eigenvalue weighted by molar-refractivity contribution is 6.05. The molecule has 0 aliphatic heterocycles. The second-order valence-corrected chi connectivity index (χ2v) is 18.8. The predicted molar refractivity (Wildman–Crippen MR) is 294 cm³/mol. The van der Waals surface area contributed by atoms with E-state index in [0.29, 0.717) is 17.6 Å². The lowest BCUT2D eigenvalue weighted by molar-refractivity contribution is 0.919. The first-order valence-corrected chi connectivity index (χ1v) is 24.2. The van der Waals surface area contributed by atoms with Crippen LogP contribution < -0.4 is 4.90 Å². The number of hydrogen-bond donors (Lipinski definition) is 0. The zero-order valence-electron chi connectivity index (χ0n) is 40.6. The normalized spacial score (nSPS) is 11.4. The molecule has 0 bridgehead atoms. The van der Waals surface area contributed by atoms with E-state index < -0.39 is 0 Å². The number of hydrogen-bond acceptors (Lipinski definition) is 4. The van der Waals surface area contributed by atoms with Gasteiger partial charge in [0.25, 0.3) is 0 Å². The van der Waals surface area contributed by atoms with Gasteiger partial charge in [0.05, 0.1) is 5.69 Å². The zero-order valence-corrected chi connectivity index (χ0v) is 40.6. The molecule has 338 valence electrons. The average Bonchev–Trinajstić information content (AvgIpc) is 3.38. The molecular weight excluding hydrogens is 849 g/mol. The van der Waals surface area contributed by atoms with Gasteiger partial charge < -0.3 is 0 Å². The lowest BCUT2D eigenvalue weighted by Gasteiger charge is -2.29. The molecule has 4 heteroatoms. The number of anilines is 3. The smallest absolute Gasteiger partial charge is 0.238 e. The molecule has 0 aliphatic rings. The van der Waals surface area contributed by atoms with Crippen molar-refractivity contribution in [2.45, 2.75) is 47.5 Å². The van der Waals surface area contributed by atoms with Crippen LogP contribution in [0.1, 0.15) is 56.0 Å². The number of aryl methyl sites for hydroxylation is 6. The van der Waals surface area contributed by atoms with Crippen LogP contribution in [-0.2, 0) is 0 Å². The Hall–Kier alpha value is -8.47. The fourth-order valence-corrected chi connectivity index (χ4v) is 10.9. The van der Waals surface area contributed by atoms with Crippen molar-refractivity contribution in [3.05, 3.63) is 262 Å². The van der Waals surface area contributed by atoms with Gasteiger partial charge in [-0.25, -0.2) is 4.98 Å². The van der Waals surface area contributed by atoms with Crippen LogP contribution in [0.4, 0.5) is 17.3 Å². The Kier molecular flexibility index (Phi) is 11.7. The summed E-state index contributed by atoms with van der Waals surface area (Å²) in [5, 5.41) is 4.56. The quantitative estimate of drug-likeness (QED) is 0.128. The maximum absolute atomic E-state index is 5.61. The monoisotopic (exact) mass is 902 g/mol. The Bertz CT molecular complexity index is 3610. The number of benzene rings is 10. The molecule has 0 saturated carbocycles. The van der Waals surface area contributed by atoms with Crippen molar-refractivity contribution in [1.29, 1.82) is 0 Å². The summed E-state index contributed by atoms with van der Waals surface area (Å²) in [6.45, 7) is 13.5. The molecule has 1 heterocycles. The molecule has 0 aliphatic carbocycles. The first-order valence-electron chi connectivity index (χ1n) is 24.2. The summed E-state index contributed by atoms with van der Waals surface area (Å²) in [6.07, 6.45) is 0. The number of fused-ring (bicyclic) bond motifs is 2. The summed E-state index contributed by atoms with van der Waals surface area (Å²) in [4.78, 5) is 18.7. The molecule has 4 nitrogen and oxygen atoms in total. The van der Waals surface area contributed by atoms with Crippen LogP contribution in [0.25, 0.3) is 66.6 Å². The first-order chi connectivity index (χ1) is 34.2. The van der Waals surface area contributed by atoms with Gasteiger partial charge in [0.1, 0.15) is 0 Å². The van der Waals surface area contributed by atoms with Gasteiger partial charge in [-0.15, -0.1) is 0 Å². The van der Waals surface area contributed by atoms with Crippen molar-refractivity contribution in [1.82, 2.24) is 15.0 Å². The molecule has 0 N–H and O–H groups in total. The predicted octanol–water partition coefficient (Wildman–Crippen LogP) is 17.3. The van der Waals surface area contributed by atoms with Crippen molar-refractivity contribution in [3.63, 3.8) is 0 Å². The van der Waals surface area contributed by atoms with E-state index in [0.717, 1.165) is 66.3 Å². The van der Waals surface area contributed by atoms with Crippen LogP contribution in [0.3, 0.4) is 0 Å². The molecule has 11 rings (SSSR count). The van der Waals surface area contributed by atoms with E-state index in [1.807, 2.05) is 18.2 Å². The molecule has 0 spiro atoms. The Morgan fingerprint density at radius 2 is 0.843 bits per heavy atom. The van der Waals surface area contributed by atoms with Crippen LogP contribution in [0, 0.1) is 41.5 Å². The summed E-state index contributed by atoms with van der Waals surface area (Å²) >= 11 is 0. The second-order valence-electron chi connectivity index (χ2n) is 18.8. The zero-order chi connectivity index (χ0) is 47.9. The van der Waals surface area contributed by atoms with Gasteiger partial charge in [0.2, 0.25) is 5.95 Å². The maximum Gasteiger partial charge on any atom is 0.238 e. The van der Waals surface area contributed by atoms with Gasteiger partial charge in [0.15, 0.2) is 11.6 Å². The van der Waals surface area contributed by atoms with Crippen molar-refractivity contribution in [2.75, 3.05) is 4.90 Å². The molecule has 0 saturated heterocycles. The van der Waals surface area contributed by atoms with Crippen molar-refractivity contribution in [3.8, 4) is 45.0 Å². The molecular formula is C66H54N4. The van der Waals surface area contributed by atoms with Crippen molar-refractivity contribution in [2.24, 2.45) is 0 Å². The van der Waals surface area contributed by atoms with Gasteiger partial charge in [-0.05, 0) is 149 Å². The molecule has 0 fully saturated rings. The van der Waals surface area contributed by atoms with E-state index in [1.54, 1.807) is 0 Å². The van der Waals surface area contributed by atoms with E-state index in [2.05, 4.69) is 241 Å². The van der Waals surface area contributed by atoms with E-state index in [-0.39, 0.29) is 5.92 Å². The molecule has 0 amide bonds. The molecule has 1 aromatic heterocycles. The summed E-state index contributed by atoms with van der Waals surface area (Å²) in [6, 6.07) is 76.2. The number of aromatic nitrogens is 3. The molecule has 11 aromatic rings. The summed E-state index contributed by atoms with van der Waals surface area (Å²) in [5.74, 6) is 1.71.